The first-order valence-electron chi connectivity index (χ1n) is 7.06. The second-order valence-corrected chi connectivity index (χ2v) is 6.52. The maximum absolute atomic E-state index is 13.9. The van der Waals surface area contributed by atoms with Crippen LogP contribution in [0.15, 0.2) is 47.4 Å². The topological polar surface area (TPSA) is 12.0 Å². The predicted molar refractivity (Wildman–Crippen MR) is 82.6 cm³/mol. The molecule has 2 aromatic rings. The van der Waals surface area contributed by atoms with Gasteiger partial charge < -0.3 is 5.32 Å². The molecule has 0 saturated carbocycles. The third-order valence-corrected chi connectivity index (χ3v) is 5.34. The number of fused-ring (bicyclic) bond motifs is 1. The average molecular weight is 305 g/mol. The van der Waals surface area contributed by atoms with Gasteiger partial charge in [0.2, 0.25) is 0 Å². The zero-order chi connectivity index (χ0) is 14.8. The fraction of sp³-hybridized carbons (Fsp3) is 0.294. The van der Waals surface area contributed by atoms with Crippen LogP contribution in [0.5, 0.6) is 0 Å². The van der Waals surface area contributed by atoms with E-state index < -0.39 is 11.6 Å². The highest BCUT2D eigenvalue weighted by atomic mass is 32.2. The van der Waals surface area contributed by atoms with Crippen LogP contribution in [0.25, 0.3) is 0 Å². The van der Waals surface area contributed by atoms with E-state index in [0.717, 1.165) is 18.9 Å². The number of thioether (sulfide) groups is 1. The van der Waals surface area contributed by atoms with Crippen LogP contribution in [0.2, 0.25) is 0 Å². The summed E-state index contributed by atoms with van der Waals surface area (Å²) >= 11 is 1.49. The molecule has 0 saturated heterocycles. The smallest absolute Gasteiger partial charge is 0.139 e. The highest BCUT2D eigenvalue weighted by Crippen LogP contribution is 2.40. The Morgan fingerprint density at radius 2 is 1.95 bits per heavy atom. The zero-order valence-electron chi connectivity index (χ0n) is 11.8. The van der Waals surface area contributed by atoms with Gasteiger partial charge in [-0.05, 0) is 43.1 Å². The summed E-state index contributed by atoms with van der Waals surface area (Å²) < 4.78 is 26.9. The number of benzene rings is 2. The van der Waals surface area contributed by atoms with Crippen LogP contribution in [0.3, 0.4) is 0 Å². The molecule has 0 aromatic heterocycles. The van der Waals surface area contributed by atoms with E-state index in [1.807, 2.05) is 13.1 Å². The number of aryl methyl sites for hydroxylation is 1. The number of hydrogen-bond donors (Lipinski definition) is 1. The molecule has 1 nitrogen and oxygen atoms in total. The van der Waals surface area contributed by atoms with Crippen LogP contribution in [0.1, 0.15) is 23.6 Å². The van der Waals surface area contributed by atoms with Gasteiger partial charge in [0.1, 0.15) is 11.6 Å². The number of rotatable bonds is 3. The van der Waals surface area contributed by atoms with E-state index >= 15 is 0 Å². The van der Waals surface area contributed by atoms with Gasteiger partial charge in [-0.3, -0.25) is 0 Å². The van der Waals surface area contributed by atoms with Crippen LogP contribution in [0.4, 0.5) is 8.78 Å². The Balaban J connectivity index is 1.86. The Kier molecular flexibility index (Phi) is 4.27. The lowest BCUT2D eigenvalue weighted by Crippen LogP contribution is -2.32. The Morgan fingerprint density at radius 1 is 1.14 bits per heavy atom. The summed E-state index contributed by atoms with van der Waals surface area (Å²) in [5.74, 6) is -1.01. The lowest BCUT2D eigenvalue weighted by molar-refractivity contribution is 0.508. The van der Waals surface area contributed by atoms with Gasteiger partial charge >= 0.3 is 0 Å². The number of halogens is 2. The third-order valence-electron chi connectivity index (χ3n) is 3.94. The van der Waals surface area contributed by atoms with Gasteiger partial charge in [-0.15, -0.1) is 11.8 Å². The van der Waals surface area contributed by atoms with Gasteiger partial charge in [0.05, 0.1) is 0 Å². The minimum Gasteiger partial charge on any atom is -0.312 e. The lowest BCUT2D eigenvalue weighted by Gasteiger charge is -2.33. The van der Waals surface area contributed by atoms with E-state index in [1.54, 1.807) is 0 Å². The summed E-state index contributed by atoms with van der Waals surface area (Å²) in [5, 5.41) is 3.58. The van der Waals surface area contributed by atoms with E-state index in [-0.39, 0.29) is 11.3 Å². The van der Waals surface area contributed by atoms with Crippen molar-refractivity contribution < 1.29 is 8.78 Å². The summed E-state index contributed by atoms with van der Waals surface area (Å²) in [5.41, 5.74) is 2.64. The third kappa shape index (κ3) is 2.97. The summed E-state index contributed by atoms with van der Waals surface area (Å²) in [6.07, 6.45) is 1.97. The highest BCUT2D eigenvalue weighted by Gasteiger charge is 2.29. The predicted octanol–water partition coefficient (Wildman–Crippen LogP) is 4.33. The molecule has 0 aliphatic heterocycles. The van der Waals surface area contributed by atoms with Crippen molar-refractivity contribution in [1.82, 2.24) is 5.32 Å². The molecular formula is C17H17F2NS. The molecule has 1 aliphatic carbocycles. The van der Waals surface area contributed by atoms with Crippen molar-refractivity contribution >= 4 is 11.8 Å². The molecule has 0 fully saturated rings. The van der Waals surface area contributed by atoms with Crippen LogP contribution < -0.4 is 5.32 Å². The largest absolute Gasteiger partial charge is 0.312 e. The number of nitrogens with one attached hydrogen (secondary N) is 1. The normalized spacial score (nSPS) is 21.1. The zero-order valence-corrected chi connectivity index (χ0v) is 12.6. The highest BCUT2D eigenvalue weighted by molar-refractivity contribution is 8.00. The minimum absolute atomic E-state index is 0.185. The second kappa shape index (κ2) is 6.16. The molecule has 2 atom stereocenters. The molecule has 1 aliphatic rings. The van der Waals surface area contributed by atoms with Gasteiger partial charge in [0, 0.05) is 22.3 Å². The molecular weight excluding hydrogens is 288 g/mol. The molecule has 21 heavy (non-hydrogen) atoms. The maximum atomic E-state index is 13.9. The molecule has 0 spiro atoms. The summed E-state index contributed by atoms with van der Waals surface area (Å²) in [4.78, 5) is 0.515. The Bertz CT molecular complexity index is 644. The molecule has 0 heterocycles. The molecule has 0 amide bonds. The first-order valence-corrected chi connectivity index (χ1v) is 7.94. The number of hydrogen-bond acceptors (Lipinski definition) is 2. The second-order valence-electron chi connectivity index (χ2n) is 5.23. The van der Waals surface area contributed by atoms with Crippen LogP contribution in [-0.4, -0.2) is 12.3 Å². The van der Waals surface area contributed by atoms with Gasteiger partial charge in [-0.1, -0.05) is 24.3 Å². The van der Waals surface area contributed by atoms with E-state index in [2.05, 4.69) is 23.5 Å². The Hall–Kier alpha value is -1.39. The van der Waals surface area contributed by atoms with Crippen molar-refractivity contribution in [3.63, 3.8) is 0 Å². The SMILES string of the molecule is CNC1c2ccccc2CCC1Sc1ccc(F)cc1F. The van der Waals surface area contributed by atoms with Crippen molar-refractivity contribution in [2.75, 3.05) is 7.05 Å². The van der Waals surface area contributed by atoms with Gasteiger partial charge in [0.25, 0.3) is 0 Å². The van der Waals surface area contributed by atoms with Crippen molar-refractivity contribution in [1.29, 1.82) is 0 Å². The monoisotopic (exact) mass is 305 g/mol. The van der Waals surface area contributed by atoms with E-state index in [9.17, 15) is 8.78 Å². The standard InChI is InChI=1S/C17H17F2NS/c1-20-17-13-5-3-2-4-11(13)6-8-16(17)21-15-9-7-12(18)10-14(15)19/h2-5,7,9-10,16-17,20H,6,8H2,1H3. The first kappa shape index (κ1) is 14.5. The molecule has 110 valence electrons. The van der Waals surface area contributed by atoms with E-state index in [4.69, 9.17) is 0 Å². The van der Waals surface area contributed by atoms with Crippen molar-refractivity contribution in [3.05, 3.63) is 65.2 Å². The van der Waals surface area contributed by atoms with Gasteiger partial charge in [-0.25, -0.2) is 8.78 Å². The van der Waals surface area contributed by atoms with E-state index in [1.165, 1.54) is 35.0 Å². The van der Waals surface area contributed by atoms with Crippen LogP contribution in [-0.2, 0) is 6.42 Å². The summed E-state index contributed by atoms with van der Waals surface area (Å²) in [6.45, 7) is 0. The van der Waals surface area contributed by atoms with Crippen molar-refractivity contribution in [2.45, 2.75) is 29.0 Å². The summed E-state index contributed by atoms with van der Waals surface area (Å²) in [7, 11) is 1.93. The van der Waals surface area contributed by atoms with Gasteiger partial charge in [-0.2, -0.15) is 0 Å². The quantitative estimate of drug-likeness (QED) is 0.905. The molecule has 4 heteroatoms. The van der Waals surface area contributed by atoms with Crippen LogP contribution in [0, 0.1) is 11.6 Å². The lowest BCUT2D eigenvalue weighted by atomic mass is 9.87. The van der Waals surface area contributed by atoms with Gasteiger partial charge in [0.15, 0.2) is 0 Å². The minimum atomic E-state index is -0.531. The summed E-state index contributed by atoms with van der Waals surface area (Å²) in [6, 6.07) is 12.4. The van der Waals surface area contributed by atoms with Crippen molar-refractivity contribution in [2.24, 2.45) is 0 Å². The van der Waals surface area contributed by atoms with Crippen LogP contribution >= 0.6 is 11.8 Å². The molecule has 1 N–H and O–H groups in total. The fourth-order valence-corrected chi connectivity index (χ4v) is 4.23. The molecule has 2 aromatic carbocycles. The van der Waals surface area contributed by atoms with Crippen molar-refractivity contribution in [3.8, 4) is 0 Å². The maximum Gasteiger partial charge on any atom is 0.139 e. The van der Waals surface area contributed by atoms with E-state index in [0.29, 0.717) is 4.90 Å². The fourth-order valence-electron chi connectivity index (χ4n) is 2.93. The Morgan fingerprint density at radius 3 is 2.71 bits per heavy atom. The molecule has 0 bridgehead atoms. The average Bonchev–Trinajstić information content (AvgIpc) is 2.49. The molecule has 2 unspecified atom stereocenters. The first-order chi connectivity index (χ1) is 10.2. The molecule has 3 rings (SSSR count). The Labute approximate surface area is 127 Å². The molecule has 0 radical (unpaired) electrons.